The SMILES string of the molecule is CC(=O)Nc1ccc(-c2cccc(CN3OC(CO)[C@@H]([C@H](C)O)[C@H]3C(=O)N[C@H]3C[C@H]4C[C@@H](C3C)C4(C)C)c2)cc1. The van der Waals surface area contributed by atoms with Gasteiger partial charge in [-0.2, -0.15) is 5.06 Å². The molecule has 4 aliphatic rings. The molecule has 216 valence electrons. The molecular weight excluding hydrogens is 506 g/mol. The molecule has 3 aliphatic carbocycles. The zero-order valence-electron chi connectivity index (χ0n) is 24.1. The topological polar surface area (TPSA) is 111 Å². The minimum absolute atomic E-state index is 0.0951. The summed E-state index contributed by atoms with van der Waals surface area (Å²) in [5.74, 6) is 0.770. The summed E-state index contributed by atoms with van der Waals surface area (Å²) in [5.41, 5.74) is 3.99. The molecule has 2 aromatic rings. The molecule has 8 heteroatoms. The van der Waals surface area contributed by atoms with Crippen molar-refractivity contribution in [3.05, 3.63) is 54.1 Å². The molecule has 40 heavy (non-hydrogen) atoms. The Bertz CT molecular complexity index is 1230. The van der Waals surface area contributed by atoms with Crippen molar-refractivity contribution in [2.24, 2.45) is 29.1 Å². The van der Waals surface area contributed by atoms with Crippen molar-refractivity contribution in [1.29, 1.82) is 0 Å². The largest absolute Gasteiger partial charge is 0.394 e. The summed E-state index contributed by atoms with van der Waals surface area (Å²) in [6, 6.07) is 15.0. The summed E-state index contributed by atoms with van der Waals surface area (Å²) >= 11 is 0. The Kier molecular flexibility index (Phi) is 8.08. The van der Waals surface area contributed by atoms with Crippen LogP contribution in [-0.4, -0.2) is 58.0 Å². The number of carbonyl (C=O) groups is 2. The summed E-state index contributed by atoms with van der Waals surface area (Å²) in [6.45, 7) is 10.1. The summed E-state index contributed by atoms with van der Waals surface area (Å²) < 4.78 is 0. The first-order chi connectivity index (χ1) is 19.0. The Labute approximate surface area is 237 Å². The van der Waals surface area contributed by atoms with E-state index >= 15 is 0 Å². The van der Waals surface area contributed by atoms with Crippen LogP contribution < -0.4 is 10.6 Å². The number of hydrogen-bond donors (Lipinski definition) is 4. The molecule has 8 atom stereocenters. The maximum Gasteiger partial charge on any atom is 0.240 e. The number of carbonyl (C=O) groups excluding carboxylic acids is 2. The highest BCUT2D eigenvalue weighted by atomic mass is 16.7. The van der Waals surface area contributed by atoms with Crippen LogP contribution in [0.15, 0.2) is 48.5 Å². The van der Waals surface area contributed by atoms with Gasteiger partial charge in [-0.05, 0) is 77.8 Å². The fraction of sp³-hybridized carbons (Fsp3) is 0.562. The Balaban J connectivity index is 1.34. The maximum atomic E-state index is 13.9. The van der Waals surface area contributed by atoms with Crippen molar-refractivity contribution in [2.45, 2.75) is 78.3 Å². The molecule has 1 heterocycles. The number of benzene rings is 2. The van der Waals surface area contributed by atoms with Crippen LogP contribution in [0.1, 0.15) is 53.0 Å². The van der Waals surface area contributed by atoms with E-state index in [4.69, 9.17) is 4.84 Å². The van der Waals surface area contributed by atoms with Gasteiger partial charge in [0.05, 0.1) is 19.3 Å². The van der Waals surface area contributed by atoms with Gasteiger partial charge in [0.1, 0.15) is 12.1 Å². The normalized spacial score (nSPS) is 31.7. The van der Waals surface area contributed by atoms with Gasteiger partial charge in [-0.25, -0.2) is 0 Å². The van der Waals surface area contributed by atoms with Crippen molar-refractivity contribution in [1.82, 2.24) is 10.4 Å². The predicted octanol–water partition coefficient (Wildman–Crippen LogP) is 3.97. The number of nitrogens with one attached hydrogen (secondary N) is 2. The van der Waals surface area contributed by atoms with E-state index in [0.717, 1.165) is 28.8 Å². The molecule has 1 aliphatic heterocycles. The fourth-order valence-electron chi connectivity index (χ4n) is 7.46. The minimum atomic E-state index is -0.831. The van der Waals surface area contributed by atoms with Crippen LogP contribution in [0.25, 0.3) is 11.1 Å². The molecule has 3 saturated carbocycles. The zero-order valence-corrected chi connectivity index (χ0v) is 24.1. The highest BCUT2D eigenvalue weighted by molar-refractivity contribution is 5.89. The van der Waals surface area contributed by atoms with E-state index in [2.05, 4.69) is 31.4 Å². The van der Waals surface area contributed by atoms with E-state index in [1.807, 2.05) is 48.5 Å². The van der Waals surface area contributed by atoms with Crippen molar-refractivity contribution >= 4 is 17.5 Å². The number of rotatable bonds is 8. The van der Waals surface area contributed by atoms with E-state index < -0.39 is 24.2 Å². The molecular formula is C32H43N3O5. The average molecular weight is 550 g/mol. The van der Waals surface area contributed by atoms with Crippen LogP contribution >= 0.6 is 0 Å². The molecule has 2 unspecified atom stereocenters. The van der Waals surface area contributed by atoms with Crippen molar-refractivity contribution in [3.8, 4) is 11.1 Å². The summed E-state index contributed by atoms with van der Waals surface area (Å²) in [6.07, 6.45) is 0.697. The molecule has 2 aromatic carbocycles. The lowest BCUT2D eigenvalue weighted by molar-refractivity contribution is -0.183. The smallest absolute Gasteiger partial charge is 0.240 e. The van der Waals surface area contributed by atoms with Gasteiger partial charge in [-0.15, -0.1) is 0 Å². The van der Waals surface area contributed by atoms with Crippen LogP contribution in [0.2, 0.25) is 0 Å². The number of anilines is 1. The Morgan fingerprint density at radius 3 is 2.45 bits per heavy atom. The van der Waals surface area contributed by atoms with Gasteiger partial charge >= 0.3 is 0 Å². The van der Waals surface area contributed by atoms with Crippen LogP contribution in [0.5, 0.6) is 0 Å². The number of fused-ring (bicyclic) bond motifs is 2. The second kappa shape index (κ2) is 11.2. The second-order valence-electron chi connectivity index (χ2n) is 12.7. The lowest BCUT2D eigenvalue weighted by Crippen LogP contribution is -2.62. The van der Waals surface area contributed by atoms with Gasteiger partial charge < -0.3 is 20.8 Å². The van der Waals surface area contributed by atoms with Crippen molar-refractivity contribution < 1.29 is 24.6 Å². The molecule has 8 nitrogen and oxygen atoms in total. The summed E-state index contributed by atoms with van der Waals surface area (Å²) in [7, 11) is 0. The first-order valence-corrected chi connectivity index (χ1v) is 14.5. The van der Waals surface area contributed by atoms with E-state index in [1.165, 1.54) is 13.3 Å². The number of aliphatic hydroxyl groups is 2. The van der Waals surface area contributed by atoms with Crippen molar-refractivity contribution in [3.63, 3.8) is 0 Å². The third-order valence-corrected chi connectivity index (χ3v) is 9.87. The first-order valence-electron chi connectivity index (χ1n) is 14.5. The molecule has 4 N–H and O–H groups in total. The third kappa shape index (κ3) is 5.42. The molecule has 0 aromatic heterocycles. The van der Waals surface area contributed by atoms with Crippen LogP contribution in [0.4, 0.5) is 5.69 Å². The van der Waals surface area contributed by atoms with E-state index in [0.29, 0.717) is 29.7 Å². The Morgan fingerprint density at radius 2 is 1.85 bits per heavy atom. The quantitative estimate of drug-likeness (QED) is 0.397. The number of hydroxylamine groups is 2. The van der Waals surface area contributed by atoms with Gasteiger partial charge in [-0.1, -0.05) is 51.1 Å². The fourth-order valence-corrected chi connectivity index (χ4v) is 7.46. The number of hydrogen-bond acceptors (Lipinski definition) is 6. The van der Waals surface area contributed by atoms with Gasteiger partial charge in [0, 0.05) is 24.6 Å². The van der Waals surface area contributed by atoms with Crippen molar-refractivity contribution in [2.75, 3.05) is 11.9 Å². The predicted molar refractivity (Wildman–Crippen MR) is 154 cm³/mol. The number of aliphatic hydroxyl groups excluding tert-OH is 2. The van der Waals surface area contributed by atoms with Crippen LogP contribution in [0, 0.1) is 29.1 Å². The maximum absolute atomic E-state index is 13.9. The zero-order chi connectivity index (χ0) is 28.8. The Hall–Kier alpha value is -2.78. The molecule has 0 spiro atoms. The third-order valence-electron chi connectivity index (χ3n) is 9.87. The highest BCUT2D eigenvalue weighted by Gasteiger charge is 2.57. The standard InChI is InChI=1S/C32H43N3O5/c1-18-26-14-24(32(26,4)5)15-27(18)34-31(39)30-29(19(2)37)28(17-36)40-35(30)16-21-7-6-8-23(13-21)22-9-11-25(12-10-22)33-20(3)38/h6-13,18-19,24,26-30,36-37H,14-17H2,1-5H3,(H,33,38)(H,34,39)/t18?,19-,24+,26-,27-,28?,29+,30-/m0/s1. The molecule has 6 rings (SSSR count). The summed E-state index contributed by atoms with van der Waals surface area (Å²) in [4.78, 5) is 31.3. The first kappa shape index (κ1) is 28.7. The van der Waals surface area contributed by atoms with Crippen LogP contribution in [0.3, 0.4) is 0 Å². The lowest BCUT2D eigenvalue weighted by Gasteiger charge is -2.62. The molecule has 2 bridgehead atoms. The lowest BCUT2D eigenvalue weighted by atomic mass is 9.45. The second-order valence-corrected chi connectivity index (χ2v) is 12.7. The Morgan fingerprint density at radius 1 is 1.12 bits per heavy atom. The number of amides is 2. The van der Waals surface area contributed by atoms with Gasteiger partial charge in [0.15, 0.2) is 0 Å². The average Bonchev–Trinajstić information content (AvgIpc) is 3.28. The minimum Gasteiger partial charge on any atom is -0.394 e. The van der Waals surface area contributed by atoms with Gasteiger partial charge in [0.2, 0.25) is 11.8 Å². The molecule has 0 radical (unpaired) electrons. The van der Waals surface area contributed by atoms with E-state index in [9.17, 15) is 19.8 Å². The molecule has 1 saturated heterocycles. The molecule has 2 amide bonds. The highest BCUT2D eigenvalue weighted by Crippen LogP contribution is 2.61. The van der Waals surface area contributed by atoms with Gasteiger partial charge in [-0.3, -0.25) is 14.4 Å². The summed E-state index contributed by atoms with van der Waals surface area (Å²) in [5, 5.41) is 28.5. The van der Waals surface area contributed by atoms with E-state index in [1.54, 1.807) is 12.0 Å². The monoisotopic (exact) mass is 549 g/mol. The van der Waals surface area contributed by atoms with E-state index in [-0.39, 0.29) is 24.5 Å². The van der Waals surface area contributed by atoms with Crippen LogP contribution in [-0.2, 0) is 21.0 Å². The number of nitrogens with zero attached hydrogens (tertiary/aromatic N) is 1. The molecule has 4 fully saturated rings. The van der Waals surface area contributed by atoms with Gasteiger partial charge in [0.25, 0.3) is 0 Å².